The zero-order valence-corrected chi connectivity index (χ0v) is 17.6. The van der Waals surface area contributed by atoms with Crippen LogP contribution in [0.25, 0.3) is 16.9 Å². The highest BCUT2D eigenvalue weighted by Crippen LogP contribution is 2.27. The molecule has 0 radical (unpaired) electrons. The summed E-state index contributed by atoms with van der Waals surface area (Å²) in [6.07, 6.45) is 7.05. The first-order valence-corrected chi connectivity index (χ1v) is 10.3. The van der Waals surface area contributed by atoms with E-state index in [4.69, 9.17) is 5.10 Å². The fourth-order valence-electron chi connectivity index (χ4n) is 3.74. The number of carbonyl (C=O) groups excluding carboxylic acids is 2. The molecule has 32 heavy (non-hydrogen) atoms. The Kier molecular flexibility index (Phi) is 4.78. The van der Waals surface area contributed by atoms with E-state index in [1.165, 1.54) is 6.20 Å². The molecule has 5 rings (SSSR count). The molecule has 1 aliphatic rings. The van der Waals surface area contributed by atoms with Crippen molar-refractivity contribution in [1.29, 1.82) is 0 Å². The third-order valence-corrected chi connectivity index (χ3v) is 5.30. The largest absolute Gasteiger partial charge is 0.350 e. The maximum atomic E-state index is 13.1. The summed E-state index contributed by atoms with van der Waals surface area (Å²) in [5.41, 5.74) is 4.19. The molecular formula is C23H21N7O2. The first kappa shape index (κ1) is 19.7. The maximum absolute atomic E-state index is 13.1. The summed E-state index contributed by atoms with van der Waals surface area (Å²) < 4.78 is 3.22. The van der Waals surface area contributed by atoms with E-state index in [0.717, 1.165) is 16.8 Å². The first-order valence-electron chi connectivity index (χ1n) is 10.3. The SMILES string of the molecule is Cc1ccc(-n2nc(C3=CC(=O)NC(C)C3)cc2NC(=O)c2cnn3cccnc23)cc1. The van der Waals surface area contributed by atoms with E-state index < -0.39 is 0 Å². The minimum atomic E-state index is -0.345. The molecule has 1 atom stereocenters. The summed E-state index contributed by atoms with van der Waals surface area (Å²) in [6.45, 7) is 3.95. The number of aromatic nitrogens is 5. The molecule has 0 bridgehead atoms. The van der Waals surface area contributed by atoms with E-state index in [2.05, 4.69) is 20.7 Å². The van der Waals surface area contributed by atoms with Gasteiger partial charge in [0.05, 0.1) is 17.6 Å². The highest BCUT2D eigenvalue weighted by atomic mass is 16.2. The molecule has 160 valence electrons. The van der Waals surface area contributed by atoms with Gasteiger partial charge in [-0.2, -0.15) is 10.2 Å². The number of fused-ring (bicyclic) bond motifs is 1. The van der Waals surface area contributed by atoms with Crippen molar-refractivity contribution < 1.29 is 9.59 Å². The van der Waals surface area contributed by atoms with Crippen LogP contribution in [0.5, 0.6) is 0 Å². The highest BCUT2D eigenvalue weighted by Gasteiger charge is 2.22. The molecule has 0 saturated heterocycles. The molecule has 1 aliphatic heterocycles. The van der Waals surface area contributed by atoms with Crippen molar-refractivity contribution in [3.8, 4) is 5.69 Å². The predicted molar refractivity (Wildman–Crippen MR) is 119 cm³/mol. The average molecular weight is 427 g/mol. The maximum Gasteiger partial charge on any atom is 0.262 e. The molecule has 0 spiro atoms. The number of hydrogen-bond donors (Lipinski definition) is 2. The minimum Gasteiger partial charge on any atom is -0.350 e. The van der Waals surface area contributed by atoms with Crippen molar-refractivity contribution in [2.45, 2.75) is 26.3 Å². The van der Waals surface area contributed by atoms with Gasteiger partial charge in [0.2, 0.25) is 5.91 Å². The van der Waals surface area contributed by atoms with Crippen LogP contribution in [-0.4, -0.2) is 42.2 Å². The minimum absolute atomic E-state index is 0.00919. The van der Waals surface area contributed by atoms with Gasteiger partial charge in [0, 0.05) is 30.6 Å². The van der Waals surface area contributed by atoms with Gasteiger partial charge in [-0.3, -0.25) is 9.59 Å². The molecule has 2 N–H and O–H groups in total. The Morgan fingerprint density at radius 3 is 2.84 bits per heavy atom. The van der Waals surface area contributed by atoms with Crippen molar-refractivity contribution in [3.63, 3.8) is 0 Å². The van der Waals surface area contributed by atoms with Gasteiger partial charge in [0.25, 0.3) is 5.91 Å². The Labute approximate surface area is 183 Å². The number of benzene rings is 1. The fourth-order valence-corrected chi connectivity index (χ4v) is 3.74. The number of nitrogens with one attached hydrogen (secondary N) is 2. The number of carbonyl (C=O) groups is 2. The number of nitrogens with zero attached hydrogens (tertiary/aromatic N) is 5. The second kappa shape index (κ2) is 7.77. The number of aryl methyl sites for hydroxylation is 1. The van der Waals surface area contributed by atoms with E-state index in [-0.39, 0.29) is 17.9 Å². The van der Waals surface area contributed by atoms with Crippen LogP contribution in [0.3, 0.4) is 0 Å². The van der Waals surface area contributed by atoms with Gasteiger partial charge in [-0.1, -0.05) is 17.7 Å². The lowest BCUT2D eigenvalue weighted by Crippen LogP contribution is -2.34. The van der Waals surface area contributed by atoms with E-state index in [9.17, 15) is 9.59 Å². The quantitative estimate of drug-likeness (QED) is 0.521. The first-order chi connectivity index (χ1) is 15.5. The van der Waals surface area contributed by atoms with Crippen molar-refractivity contribution in [3.05, 3.63) is 77.9 Å². The molecule has 0 aliphatic carbocycles. The third-order valence-electron chi connectivity index (χ3n) is 5.30. The molecule has 4 aromatic rings. The van der Waals surface area contributed by atoms with Crippen molar-refractivity contribution in [2.24, 2.45) is 0 Å². The number of amides is 2. The summed E-state index contributed by atoms with van der Waals surface area (Å²) in [4.78, 5) is 29.4. The van der Waals surface area contributed by atoms with Crippen LogP contribution in [0.2, 0.25) is 0 Å². The van der Waals surface area contributed by atoms with Gasteiger partial charge < -0.3 is 10.6 Å². The Morgan fingerprint density at radius 1 is 1.25 bits per heavy atom. The van der Waals surface area contributed by atoms with Crippen LogP contribution in [0, 0.1) is 6.92 Å². The molecule has 9 heteroatoms. The summed E-state index contributed by atoms with van der Waals surface area (Å²) >= 11 is 0. The van der Waals surface area contributed by atoms with Crippen LogP contribution in [0.15, 0.2) is 61.1 Å². The lowest BCUT2D eigenvalue weighted by molar-refractivity contribution is -0.117. The van der Waals surface area contributed by atoms with Gasteiger partial charge in [-0.15, -0.1) is 0 Å². The molecule has 4 heterocycles. The van der Waals surface area contributed by atoms with Crippen molar-refractivity contribution in [2.75, 3.05) is 5.32 Å². The van der Waals surface area contributed by atoms with Crippen LogP contribution >= 0.6 is 0 Å². The van der Waals surface area contributed by atoms with Gasteiger partial charge in [-0.25, -0.2) is 14.2 Å². The normalized spacial score (nSPS) is 16.0. The Bertz CT molecular complexity index is 1360. The van der Waals surface area contributed by atoms with E-state index >= 15 is 0 Å². The lowest BCUT2D eigenvalue weighted by Gasteiger charge is -2.19. The number of hydrogen-bond acceptors (Lipinski definition) is 5. The zero-order chi connectivity index (χ0) is 22.2. The Morgan fingerprint density at radius 2 is 2.06 bits per heavy atom. The lowest BCUT2D eigenvalue weighted by atomic mass is 10.0. The second-order valence-corrected chi connectivity index (χ2v) is 7.85. The van der Waals surface area contributed by atoms with Gasteiger partial charge >= 0.3 is 0 Å². The smallest absolute Gasteiger partial charge is 0.262 e. The van der Waals surface area contributed by atoms with E-state index in [0.29, 0.717) is 29.1 Å². The standard InChI is InChI=1S/C23H21N7O2/c1-14-4-6-17(7-5-14)30-20(12-19(28-30)16-10-15(2)26-21(31)11-16)27-23(32)18-13-25-29-9-3-8-24-22(18)29/h3-9,11-13,15H,10H2,1-2H3,(H,26,31)(H,27,32). The van der Waals surface area contributed by atoms with E-state index in [1.807, 2.05) is 38.1 Å². The molecule has 0 fully saturated rings. The van der Waals surface area contributed by atoms with Crippen LogP contribution in [0.4, 0.5) is 5.82 Å². The number of rotatable bonds is 4. The average Bonchev–Trinajstić information content (AvgIpc) is 3.38. The molecule has 9 nitrogen and oxygen atoms in total. The molecule has 2 amide bonds. The molecule has 1 unspecified atom stereocenters. The monoisotopic (exact) mass is 427 g/mol. The fraction of sp³-hybridized carbons (Fsp3) is 0.174. The van der Waals surface area contributed by atoms with Gasteiger partial charge in [0.1, 0.15) is 11.4 Å². The van der Waals surface area contributed by atoms with Gasteiger partial charge in [-0.05, 0) is 44.0 Å². The molecule has 3 aromatic heterocycles. The molecule has 1 aromatic carbocycles. The Hall–Kier alpha value is -4.27. The van der Waals surface area contributed by atoms with Crippen molar-refractivity contribution in [1.82, 2.24) is 29.7 Å². The summed E-state index contributed by atoms with van der Waals surface area (Å²) in [5.74, 6) is -0.00225. The number of anilines is 1. The zero-order valence-electron chi connectivity index (χ0n) is 17.6. The van der Waals surface area contributed by atoms with Crippen LogP contribution in [-0.2, 0) is 4.79 Å². The highest BCUT2D eigenvalue weighted by molar-refractivity contribution is 6.08. The third kappa shape index (κ3) is 3.64. The Balaban J connectivity index is 1.55. The van der Waals surface area contributed by atoms with Crippen molar-refractivity contribution >= 4 is 28.9 Å². The second-order valence-electron chi connectivity index (χ2n) is 7.85. The van der Waals surface area contributed by atoms with Crippen LogP contribution in [0.1, 0.15) is 35.0 Å². The van der Waals surface area contributed by atoms with Crippen LogP contribution < -0.4 is 10.6 Å². The topological polar surface area (TPSA) is 106 Å². The molecule has 0 saturated carbocycles. The van der Waals surface area contributed by atoms with Gasteiger partial charge in [0.15, 0.2) is 5.65 Å². The predicted octanol–water partition coefficient (Wildman–Crippen LogP) is 2.77. The summed E-state index contributed by atoms with van der Waals surface area (Å²) in [6, 6.07) is 11.4. The molecular weight excluding hydrogens is 406 g/mol. The van der Waals surface area contributed by atoms with E-state index in [1.54, 1.807) is 39.8 Å². The summed E-state index contributed by atoms with van der Waals surface area (Å²) in [7, 11) is 0. The summed E-state index contributed by atoms with van der Waals surface area (Å²) in [5, 5.41) is 14.7.